The highest BCUT2D eigenvalue weighted by molar-refractivity contribution is 7.15. The molecule has 1 aliphatic carbocycles. The quantitative estimate of drug-likeness (QED) is 0.873. The molecule has 108 valence electrons. The number of rotatable bonds is 6. The Balaban J connectivity index is 2.03. The van der Waals surface area contributed by atoms with Crippen LogP contribution >= 0.6 is 11.3 Å². The Morgan fingerprint density at radius 1 is 1.42 bits per heavy atom. The average molecular weight is 293 g/mol. The summed E-state index contributed by atoms with van der Waals surface area (Å²) in [7, 11) is 0. The van der Waals surface area contributed by atoms with Crippen molar-refractivity contribution in [3.8, 4) is 0 Å². The third-order valence-electron chi connectivity index (χ3n) is 3.03. The van der Waals surface area contributed by atoms with Gasteiger partial charge in [0.1, 0.15) is 6.54 Å². The minimum Gasteiger partial charge on any atom is -0.339 e. The molecule has 3 nitrogen and oxygen atoms in total. The molecule has 1 N–H and O–H groups in total. The first-order valence-electron chi connectivity index (χ1n) is 6.40. The Labute approximate surface area is 114 Å². The van der Waals surface area contributed by atoms with Crippen molar-refractivity contribution in [1.29, 1.82) is 0 Å². The maximum Gasteiger partial charge on any atom is 0.406 e. The number of aromatic nitrogens is 1. The summed E-state index contributed by atoms with van der Waals surface area (Å²) >= 11 is 1.35. The van der Waals surface area contributed by atoms with Gasteiger partial charge in [0.05, 0.1) is 5.69 Å². The largest absolute Gasteiger partial charge is 0.406 e. The number of nitrogens with one attached hydrogen (secondary N) is 1. The first-order chi connectivity index (χ1) is 8.89. The van der Waals surface area contributed by atoms with E-state index < -0.39 is 12.7 Å². The maximum absolute atomic E-state index is 12.5. The first-order valence-corrected chi connectivity index (χ1v) is 7.22. The molecule has 1 aliphatic rings. The topological polar surface area (TPSA) is 28.2 Å². The number of thiazole rings is 1. The van der Waals surface area contributed by atoms with Gasteiger partial charge >= 0.3 is 6.18 Å². The fourth-order valence-electron chi connectivity index (χ4n) is 1.77. The van der Waals surface area contributed by atoms with Crippen LogP contribution in [0.4, 0.5) is 18.3 Å². The van der Waals surface area contributed by atoms with E-state index in [0.29, 0.717) is 24.3 Å². The van der Waals surface area contributed by atoms with Gasteiger partial charge in [0.2, 0.25) is 0 Å². The zero-order chi connectivity index (χ0) is 14.0. The minimum absolute atomic E-state index is 0.307. The number of hydrogen-bond acceptors (Lipinski definition) is 4. The number of hydrogen-bond donors (Lipinski definition) is 1. The van der Waals surface area contributed by atoms with E-state index in [1.807, 2.05) is 6.92 Å². The summed E-state index contributed by atoms with van der Waals surface area (Å²) in [6.07, 6.45) is -1.80. The molecule has 0 atom stereocenters. The Kier molecular flexibility index (Phi) is 4.35. The zero-order valence-electron chi connectivity index (χ0n) is 11.0. The normalized spacial score (nSPS) is 15.8. The number of anilines is 1. The molecule has 0 radical (unpaired) electrons. The van der Waals surface area contributed by atoms with E-state index in [-0.39, 0.29) is 0 Å². The second kappa shape index (κ2) is 5.66. The molecule has 0 amide bonds. The lowest BCUT2D eigenvalue weighted by molar-refractivity contribution is -0.119. The molecule has 0 saturated heterocycles. The van der Waals surface area contributed by atoms with Crippen LogP contribution in [0.15, 0.2) is 0 Å². The predicted octanol–water partition coefficient (Wildman–Crippen LogP) is 3.09. The summed E-state index contributed by atoms with van der Waals surface area (Å²) in [6, 6.07) is 0.586. The van der Waals surface area contributed by atoms with Crippen LogP contribution in [0, 0.1) is 6.92 Å². The van der Waals surface area contributed by atoms with Crippen LogP contribution in [0.5, 0.6) is 0 Å². The molecule has 0 spiro atoms. The monoisotopic (exact) mass is 293 g/mol. The van der Waals surface area contributed by atoms with Gasteiger partial charge in [-0.05, 0) is 26.7 Å². The average Bonchev–Trinajstić information content (AvgIpc) is 3.06. The molecular weight excluding hydrogens is 275 g/mol. The van der Waals surface area contributed by atoms with Crippen molar-refractivity contribution in [3.05, 3.63) is 10.6 Å². The number of halogens is 3. The molecule has 1 aromatic rings. The molecule has 0 aliphatic heterocycles. The van der Waals surface area contributed by atoms with E-state index in [1.165, 1.54) is 29.1 Å². The van der Waals surface area contributed by atoms with E-state index in [1.54, 1.807) is 6.92 Å². The minimum atomic E-state index is -4.19. The molecule has 0 aromatic carbocycles. The summed E-state index contributed by atoms with van der Waals surface area (Å²) in [5, 5.41) is 3.82. The van der Waals surface area contributed by atoms with Crippen molar-refractivity contribution in [3.63, 3.8) is 0 Å². The van der Waals surface area contributed by atoms with Gasteiger partial charge in [-0.25, -0.2) is 4.98 Å². The first kappa shape index (κ1) is 14.6. The lowest BCUT2D eigenvalue weighted by Crippen LogP contribution is -2.33. The number of nitrogens with zero attached hydrogens (tertiary/aromatic N) is 2. The van der Waals surface area contributed by atoms with Gasteiger partial charge in [0.25, 0.3) is 0 Å². The zero-order valence-corrected chi connectivity index (χ0v) is 11.9. The predicted molar refractivity (Wildman–Crippen MR) is 70.7 cm³/mol. The van der Waals surface area contributed by atoms with Gasteiger partial charge in [-0.2, -0.15) is 13.2 Å². The molecule has 0 bridgehead atoms. The standard InChI is InChI=1S/C12H18F3N3S/c1-3-18(7-12(13,14)15)11-17-8(2)10(19-11)6-16-9-4-5-9/h9,16H,3-7H2,1-2H3. The SMILES string of the molecule is CCN(CC(F)(F)F)c1nc(C)c(CNC2CC2)s1. The summed E-state index contributed by atoms with van der Waals surface area (Å²) in [5.41, 5.74) is 0.828. The van der Waals surface area contributed by atoms with E-state index in [0.717, 1.165) is 10.6 Å². The van der Waals surface area contributed by atoms with Crippen molar-refractivity contribution in [2.45, 2.75) is 45.5 Å². The van der Waals surface area contributed by atoms with Crippen molar-refractivity contribution >= 4 is 16.5 Å². The van der Waals surface area contributed by atoms with Crippen molar-refractivity contribution in [2.75, 3.05) is 18.0 Å². The van der Waals surface area contributed by atoms with Crippen LogP contribution in [0.1, 0.15) is 30.3 Å². The number of aryl methyl sites for hydroxylation is 1. The molecule has 19 heavy (non-hydrogen) atoms. The molecule has 7 heteroatoms. The fraction of sp³-hybridized carbons (Fsp3) is 0.750. The second-order valence-electron chi connectivity index (χ2n) is 4.79. The van der Waals surface area contributed by atoms with Gasteiger partial charge in [-0.1, -0.05) is 0 Å². The molecule has 1 fully saturated rings. The summed E-state index contributed by atoms with van der Waals surface area (Å²) in [4.78, 5) is 6.57. The highest BCUT2D eigenvalue weighted by Crippen LogP contribution is 2.29. The molecule has 2 rings (SSSR count). The Hall–Kier alpha value is -0.820. The van der Waals surface area contributed by atoms with Crippen LogP contribution in [-0.4, -0.2) is 30.3 Å². The highest BCUT2D eigenvalue weighted by atomic mass is 32.1. The van der Waals surface area contributed by atoms with Gasteiger partial charge in [0, 0.05) is 24.0 Å². The van der Waals surface area contributed by atoms with Gasteiger partial charge in [0.15, 0.2) is 5.13 Å². The fourth-order valence-corrected chi connectivity index (χ4v) is 2.84. The smallest absolute Gasteiger partial charge is 0.339 e. The summed E-state index contributed by atoms with van der Waals surface area (Å²) < 4.78 is 37.4. The molecule has 1 aromatic heterocycles. The molecule has 0 unspecified atom stereocenters. The van der Waals surface area contributed by atoms with Crippen LogP contribution in [0.2, 0.25) is 0 Å². The highest BCUT2D eigenvalue weighted by Gasteiger charge is 2.31. The van der Waals surface area contributed by atoms with Crippen LogP contribution < -0.4 is 10.2 Å². The lowest BCUT2D eigenvalue weighted by Gasteiger charge is -2.21. The summed E-state index contributed by atoms with van der Waals surface area (Å²) in [5.74, 6) is 0. The summed E-state index contributed by atoms with van der Waals surface area (Å²) in [6.45, 7) is 3.64. The van der Waals surface area contributed by atoms with Crippen molar-refractivity contribution in [2.24, 2.45) is 0 Å². The van der Waals surface area contributed by atoms with E-state index in [9.17, 15) is 13.2 Å². The third kappa shape index (κ3) is 4.35. The third-order valence-corrected chi connectivity index (χ3v) is 4.25. The Bertz CT molecular complexity index is 426. The van der Waals surface area contributed by atoms with Gasteiger partial charge in [-0.15, -0.1) is 11.3 Å². The van der Waals surface area contributed by atoms with Crippen LogP contribution in [-0.2, 0) is 6.54 Å². The molecular formula is C12H18F3N3S. The Morgan fingerprint density at radius 2 is 2.11 bits per heavy atom. The van der Waals surface area contributed by atoms with Gasteiger partial charge < -0.3 is 10.2 Å². The molecule has 1 heterocycles. The van der Waals surface area contributed by atoms with E-state index in [2.05, 4.69) is 10.3 Å². The van der Waals surface area contributed by atoms with E-state index >= 15 is 0 Å². The van der Waals surface area contributed by atoms with Crippen LogP contribution in [0.3, 0.4) is 0 Å². The van der Waals surface area contributed by atoms with E-state index in [4.69, 9.17) is 0 Å². The van der Waals surface area contributed by atoms with Gasteiger partial charge in [-0.3, -0.25) is 0 Å². The van der Waals surface area contributed by atoms with Crippen molar-refractivity contribution in [1.82, 2.24) is 10.3 Å². The van der Waals surface area contributed by atoms with Crippen LogP contribution in [0.25, 0.3) is 0 Å². The molecule has 1 saturated carbocycles. The maximum atomic E-state index is 12.5. The Morgan fingerprint density at radius 3 is 2.63 bits per heavy atom. The second-order valence-corrected chi connectivity index (χ2v) is 5.85. The lowest BCUT2D eigenvalue weighted by atomic mass is 10.4. The number of alkyl halides is 3. The van der Waals surface area contributed by atoms with Crippen molar-refractivity contribution < 1.29 is 13.2 Å².